The number of aromatic nitrogens is 2. The van der Waals surface area contributed by atoms with Crippen molar-refractivity contribution in [3.05, 3.63) is 27.8 Å². The summed E-state index contributed by atoms with van der Waals surface area (Å²) in [4.78, 5) is 31.9. The molecule has 1 aliphatic heterocycles. The fraction of sp³-hybridized carbons (Fsp3) is 0.500. The minimum atomic E-state index is -5.94. The monoisotopic (exact) mass is 461 g/mol. The Morgan fingerprint density at radius 1 is 1.16 bits per heavy atom. The van der Waals surface area contributed by atoms with Crippen molar-refractivity contribution in [2.45, 2.75) is 44.7 Å². The van der Waals surface area contributed by atoms with E-state index in [-0.39, 0.29) is 6.21 Å². The third-order valence-electron chi connectivity index (χ3n) is 4.11. The number of halogens is 8. The molecule has 0 aromatic carbocycles. The van der Waals surface area contributed by atoms with Crippen LogP contribution in [0.4, 0.5) is 41.1 Å². The quantitative estimate of drug-likeness (QED) is 0.539. The molecule has 2 N–H and O–H groups in total. The van der Waals surface area contributed by atoms with Gasteiger partial charge in [0.15, 0.2) is 5.69 Å². The first-order valence-corrected chi connectivity index (χ1v) is 8.43. The lowest BCUT2D eigenvalue weighted by atomic mass is 10.1. The molecule has 0 saturated carbocycles. The number of nitrogens with zero attached hydrogens (tertiary/aromatic N) is 4. The minimum Gasteiger partial charge on any atom is -0.404 e. The van der Waals surface area contributed by atoms with Gasteiger partial charge in [-0.1, -0.05) is 0 Å². The molecule has 0 saturated heterocycles. The molecule has 1 aliphatic rings. The number of amides is 1. The molecule has 2 heterocycles. The number of aliphatic imine (C=N–C) groups is 1. The van der Waals surface area contributed by atoms with E-state index in [0.717, 1.165) is 4.90 Å². The van der Waals surface area contributed by atoms with Crippen LogP contribution in [0.1, 0.15) is 25.1 Å². The first-order chi connectivity index (χ1) is 14.0. The second-order valence-corrected chi connectivity index (χ2v) is 6.68. The zero-order valence-corrected chi connectivity index (χ0v) is 15.9. The molecule has 0 atom stereocenters. The van der Waals surface area contributed by atoms with Gasteiger partial charge in [0.1, 0.15) is 13.1 Å². The van der Waals surface area contributed by atoms with Crippen LogP contribution in [0.3, 0.4) is 0 Å². The van der Waals surface area contributed by atoms with Gasteiger partial charge < -0.3 is 5.73 Å². The Morgan fingerprint density at radius 2 is 1.74 bits per heavy atom. The summed E-state index contributed by atoms with van der Waals surface area (Å²) in [6.45, 7) is 0.152. The topological polar surface area (TPSA) is 93.6 Å². The van der Waals surface area contributed by atoms with Crippen molar-refractivity contribution in [2.24, 2.45) is 10.7 Å². The molecule has 0 bridgehead atoms. The Morgan fingerprint density at radius 3 is 2.19 bits per heavy atom. The van der Waals surface area contributed by atoms with E-state index in [1.807, 2.05) is 0 Å². The zero-order valence-electron chi connectivity index (χ0n) is 15.9. The number of hydrogen-bond donors (Lipinski definition) is 1. The summed E-state index contributed by atoms with van der Waals surface area (Å²) in [7, 11) is 0. The van der Waals surface area contributed by atoms with Gasteiger partial charge >= 0.3 is 18.3 Å². The molecule has 0 aliphatic carbocycles. The second kappa shape index (κ2) is 7.92. The second-order valence-electron chi connectivity index (χ2n) is 6.68. The predicted octanol–water partition coefficient (Wildman–Crippen LogP) is 2.59. The summed E-state index contributed by atoms with van der Waals surface area (Å²) >= 11 is 0. The molecule has 15 heteroatoms. The molecule has 0 spiro atoms. The summed E-state index contributed by atoms with van der Waals surface area (Å²) in [5.41, 5.74) is -0.134. The SMILES string of the molecule is CC(C)N1C(=O)Cn2c1nc(C(F)(F)F)c(/C(C=NCC(F)(F)C(F)(F)F)=C/N)c2=O. The van der Waals surface area contributed by atoms with E-state index in [1.165, 1.54) is 13.8 Å². The van der Waals surface area contributed by atoms with Gasteiger partial charge in [-0.2, -0.15) is 35.1 Å². The Bertz CT molecular complexity index is 991. The molecule has 1 aromatic heterocycles. The first kappa shape index (κ1) is 24.3. The molecule has 0 fully saturated rings. The normalized spacial score (nSPS) is 16.0. The summed E-state index contributed by atoms with van der Waals surface area (Å²) in [5.74, 6) is -6.56. The number of rotatable bonds is 5. The third kappa shape index (κ3) is 4.54. The number of carbonyl (C=O) groups excluding carboxylic acids is 1. The highest BCUT2D eigenvalue weighted by Crippen LogP contribution is 2.36. The van der Waals surface area contributed by atoms with E-state index >= 15 is 0 Å². The van der Waals surface area contributed by atoms with Crippen LogP contribution >= 0.6 is 0 Å². The molecule has 0 radical (unpaired) electrons. The maximum atomic E-state index is 13.6. The number of hydrogen-bond acceptors (Lipinski definition) is 5. The maximum absolute atomic E-state index is 13.6. The number of alkyl halides is 8. The lowest BCUT2D eigenvalue weighted by Gasteiger charge is -2.21. The standard InChI is InChI=1S/C16H15F8N5O2/c1-7(2)29-9(30)5-28-12(31)10(11(15(19,20)21)27-13(28)29)8(3-25)4-26-6-14(17,18)16(22,23)24/h3-4,7H,5-6,25H2,1-2H3/b8-3+,26-4?. The summed E-state index contributed by atoms with van der Waals surface area (Å²) < 4.78 is 104. The molecule has 0 unspecified atom stereocenters. The Balaban J connectivity index is 2.63. The molecule has 31 heavy (non-hydrogen) atoms. The van der Waals surface area contributed by atoms with Crippen LogP contribution in [0.5, 0.6) is 0 Å². The fourth-order valence-corrected chi connectivity index (χ4v) is 2.72. The predicted molar refractivity (Wildman–Crippen MR) is 92.6 cm³/mol. The highest BCUT2D eigenvalue weighted by molar-refractivity contribution is 6.10. The molecule has 7 nitrogen and oxygen atoms in total. The lowest BCUT2D eigenvalue weighted by Crippen LogP contribution is -2.39. The molecule has 1 aromatic rings. The van der Waals surface area contributed by atoms with Gasteiger partial charge in [0.05, 0.1) is 5.56 Å². The Labute approximate surface area is 168 Å². The number of allylic oxidation sites excluding steroid dienone is 1. The zero-order chi connectivity index (χ0) is 23.9. The summed E-state index contributed by atoms with van der Waals surface area (Å²) in [6.07, 6.45) is -10.6. The van der Waals surface area contributed by atoms with Gasteiger partial charge in [0.2, 0.25) is 11.9 Å². The van der Waals surface area contributed by atoms with E-state index in [2.05, 4.69) is 9.98 Å². The van der Waals surface area contributed by atoms with Crippen molar-refractivity contribution < 1.29 is 39.9 Å². The van der Waals surface area contributed by atoms with Crippen molar-refractivity contribution in [3.63, 3.8) is 0 Å². The van der Waals surface area contributed by atoms with Crippen molar-refractivity contribution >= 4 is 23.6 Å². The van der Waals surface area contributed by atoms with Crippen LogP contribution in [0.25, 0.3) is 5.57 Å². The number of carbonyl (C=O) groups is 1. The van der Waals surface area contributed by atoms with E-state index < -0.39 is 71.7 Å². The van der Waals surface area contributed by atoms with Crippen LogP contribution in [0, 0.1) is 0 Å². The van der Waals surface area contributed by atoms with Crippen molar-refractivity contribution in [3.8, 4) is 0 Å². The van der Waals surface area contributed by atoms with Crippen molar-refractivity contribution in [1.29, 1.82) is 0 Å². The number of anilines is 1. The number of nitrogens with two attached hydrogens (primary N) is 1. The van der Waals surface area contributed by atoms with E-state index in [0.29, 0.717) is 10.8 Å². The van der Waals surface area contributed by atoms with Gasteiger partial charge in [-0.05, 0) is 13.8 Å². The highest BCUT2D eigenvalue weighted by Gasteiger charge is 2.57. The lowest BCUT2D eigenvalue weighted by molar-refractivity contribution is -0.276. The van der Waals surface area contributed by atoms with Crippen molar-refractivity contribution in [2.75, 3.05) is 11.4 Å². The van der Waals surface area contributed by atoms with E-state index in [9.17, 15) is 44.7 Å². The van der Waals surface area contributed by atoms with Crippen LogP contribution in [-0.2, 0) is 17.5 Å². The van der Waals surface area contributed by atoms with Crippen LogP contribution < -0.4 is 16.2 Å². The molecule has 1 amide bonds. The molecular weight excluding hydrogens is 446 g/mol. The van der Waals surface area contributed by atoms with Gasteiger partial charge in [-0.3, -0.25) is 24.0 Å². The average Bonchev–Trinajstić information content (AvgIpc) is 2.94. The summed E-state index contributed by atoms with van der Waals surface area (Å²) in [6, 6.07) is -0.643. The molecular formula is C16H15F8N5O2. The van der Waals surface area contributed by atoms with Gasteiger partial charge in [0, 0.05) is 24.0 Å². The number of fused-ring (bicyclic) bond motifs is 1. The molecule has 172 valence electrons. The average molecular weight is 461 g/mol. The van der Waals surface area contributed by atoms with E-state index in [4.69, 9.17) is 5.73 Å². The molecule has 2 rings (SSSR count). The first-order valence-electron chi connectivity index (χ1n) is 8.43. The van der Waals surface area contributed by atoms with Crippen molar-refractivity contribution in [1.82, 2.24) is 9.55 Å². The van der Waals surface area contributed by atoms with E-state index in [1.54, 1.807) is 0 Å². The van der Waals surface area contributed by atoms with Gasteiger partial charge in [-0.15, -0.1) is 0 Å². The Hall–Kier alpha value is -3.00. The van der Waals surface area contributed by atoms with Crippen LogP contribution in [-0.4, -0.2) is 46.4 Å². The highest BCUT2D eigenvalue weighted by atomic mass is 19.4. The minimum absolute atomic E-state index is 0.192. The largest absolute Gasteiger partial charge is 0.455 e. The smallest absolute Gasteiger partial charge is 0.404 e. The van der Waals surface area contributed by atoms with Crippen LogP contribution in [0.15, 0.2) is 16.0 Å². The van der Waals surface area contributed by atoms with Crippen LogP contribution in [0.2, 0.25) is 0 Å². The Kier molecular flexibility index (Phi) is 6.20. The maximum Gasteiger partial charge on any atom is 0.455 e. The van der Waals surface area contributed by atoms with Gasteiger partial charge in [-0.25, -0.2) is 4.98 Å². The summed E-state index contributed by atoms with van der Waals surface area (Å²) in [5, 5.41) is 0. The third-order valence-corrected chi connectivity index (χ3v) is 4.11. The van der Waals surface area contributed by atoms with Gasteiger partial charge in [0.25, 0.3) is 5.56 Å². The fourth-order valence-electron chi connectivity index (χ4n) is 2.72.